The Kier molecular flexibility index (Phi) is 3.74. The van der Waals surface area contributed by atoms with E-state index in [0.717, 1.165) is 12.8 Å². The molecule has 116 valence electrons. The van der Waals surface area contributed by atoms with Gasteiger partial charge in [-0.15, -0.1) is 11.3 Å². The summed E-state index contributed by atoms with van der Waals surface area (Å²) in [6.07, 6.45) is 5.47. The quantitative estimate of drug-likeness (QED) is 0.733. The van der Waals surface area contributed by atoms with Crippen molar-refractivity contribution in [3.63, 3.8) is 0 Å². The van der Waals surface area contributed by atoms with Gasteiger partial charge in [-0.3, -0.25) is 14.4 Å². The molecule has 1 saturated carbocycles. The minimum absolute atomic E-state index is 0.0666. The first-order valence-electron chi connectivity index (χ1n) is 7.08. The maximum Gasteiger partial charge on any atom is 0.307 e. The second-order valence-electron chi connectivity index (χ2n) is 5.70. The Morgan fingerprint density at radius 1 is 1.18 bits per heavy atom. The zero-order chi connectivity index (χ0) is 15.9. The minimum Gasteiger partial charge on any atom is -0.481 e. The van der Waals surface area contributed by atoms with Crippen molar-refractivity contribution >= 4 is 34.1 Å². The van der Waals surface area contributed by atoms with Gasteiger partial charge in [0.2, 0.25) is 5.91 Å². The van der Waals surface area contributed by atoms with Gasteiger partial charge in [-0.2, -0.15) is 0 Å². The number of fused-ring (bicyclic) bond motifs is 2. The fraction of sp³-hybridized carbons (Fsp3) is 0.400. The molecule has 1 fully saturated rings. The summed E-state index contributed by atoms with van der Waals surface area (Å²) in [5.41, 5.74) is 5.51. The Balaban J connectivity index is 1.84. The van der Waals surface area contributed by atoms with Crippen molar-refractivity contribution in [2.45, 2.75) is 12.8 Å². The van der Waals surface area contributed by atoms with Gasteiger partial charge in [0.15, 0.2) is 0 Å². The number of carbonyl (C=O) groups excluding carboxylic acids is 2. The molecule has 4 rings (SSSR count). The first-order valence-corrected chi connectivity index (χ1v) is 7.96. The molecule has 0 aromatic carbocycles. The van der Waals surface area contributed by atoms with Gasteiger partial charge >= 0.3 is 5.97 Å². The molecule has 22 heavy (non-hydrogen) atoms. The third kappa shape index (κ3) is 2.41. The summed E-state index contributed by atoms with van der Waals surface area (Å²) in [6.45, 7) is 0. The van der Waals surface area contributed by atoms with Gasteiger partial charge in [0.1, 0.15) is 5.00 Å². The predicted molar refractivity (Wildman–Crippen MR) is 81.4 cm³/mol. The van der Waals surface area contributed by atoms with E-state index in [2.05, 4.69) is 5.32 Å². The third-order valence-corrected chi connectivity index (χ3v) is 5.33. The molecule has 0 saturated heterocycles. The summed E-state index contributed by atoms with van der Waals surface area (Å²) in [7, 11) is 0. The number of carboxylic acid groups (broad SMARTS) is 1. The molecule has 0 unspecified atom stereocenters. The van der Waals surface area contributed by atoms with Gasteiger partial charge in [-0.05, 0) is 36.1 Å². The van der Waals surface area contributed by atoms with E-state index in [1.54, 1.807) is 11.4 Å². The van der Waals surface area contributed by atoms with Crippen molar-refractivity contribution in [1.29, 1.82) is 0 Å². The van der Waals surface area contributed by atoms with Gasteiger partial charge in [0.05, 0.1) is 17.4 Å². The number of aliphatic carboxylic acids is 1. The van der Waals surface area contributed by atoms with E-state index < -0.39 is 23.7 Å². The highest BCUT2D eigenvalue weighted by molar-refractivity contribution is 7.14. The largest absolute Gasteiger partial charge is 0.481 e. The first kappa shape index (κ1) is 14.8. The SMILES string of the molecule is NC(=O)c1ccsc1NC(=O)[C@H]1[C@H](C(=O)O)[C@H]2C=C[C@H]1CC2. The summed E-state index contributed by atoms with van der Waals surface area (Å²) < 4.78 is 0. The Morgan fingerprint density at radius 3 is 2.36 bits per heavy atom. The molecule has 2 bridgehead atoms. The van der Waals surface area contributed by atoms with Gasteiger partial charge in [-0.25, -0.2) is 0 Å². The number of nitrogens with one attached hydrogen (secondary N) is 1. The molecule has 2 amide bonds. The normalized spacial score (nSPS) is 29.3. The highest BCUT2D eigenvalue weighted by Crippen LogP contribution is 2.45. The Labute approximate surface area is 131 Å². The molecule has 0 aliphatic heterocycles. The lowest BCUT2D eigenvalue weighted by atomic mass is 9.62. The standard InChI is InChI=1S/C15H16N2O4S/c16-12(18)9-5-6-22-14(9)17-13(19)10-7-1-3-8(4-2-7)11(10)15(20)21/h1,3,5-8,10-11H,2,4H2,(H2,16,18)(H,17,19)(H,20,21)/t7-,8-,10+,11+/m0/s1. The number of hydrogen-bond donors (Lipinski definition) is 3. The van der Waals surface area contributed by atoms with E-state index in [4.69, 9.17) is 5.73 Å². The summed E-state index contributed by atoms with van der Waals surface area (Å²) in [5, 5.41) is 14.2. The summed E-state index contributed by atoms with van der Waals surface area (Å²) in [4.78, 5) is 35.5. The van der Waals surface area contributed by atoms with Crippen LogP contribution in [0.15, 0.2) is 23.6 Å². The van der Waals surface area contributed by atoms with Crippen LogP contribution in [-0.4, -0.2) is 22.9 Å². The van der Waals surface area contributed by atoms with E-state index in [-0.39, 0.29) is 23.3 Å². The number of nitrogens with two attached hydrogens (primary N) is 1. The van der Waals surface area contributed by atoms with Crippen molar-refractivity contribution in [3.05, 3.63) is 29.2 Å². The first-order chi connectivity index (χ1) is 10.5. The molecule has 1 aromatic rings. The highest BCUT2D eigenvalue weighted by atomic mass is 32.1. The van der Waals surface area contributed by atoms with Crippen LogP contribution in [-0.2, 0) is 9.59 Å². The highest BCUT2D eigenvalue weighted by Gasteiger charge is 2.48. The molecule has 7 heteroatoms. The van der Waals surface area contributed by atoms with E-state index in [1.165, 1.54) is 11.3 Å². The number of hydrogen-bond acceptors (Lipinski definition) is 4. The van der Waals surface area contributed by atoms with Crippen LogP contribution < -0.4 is 11.1 Å². The molecule has 3 aliphatic carbocycles. The topological polar surface area (TPSA) is 109 Å². The molecule has 6 nitrogen and oxygen atoms in total. The van der Waals surface area contributed by atoms with E-state index in [9.17, 15) is 19.5 Å². The zero-order valence-electron chi connectivity index (χ0n) is 11.7. The lowest BCUT2D eigenvalue weighted by Gasteiger charge is -2.41. The molecular formula is C15H16N2O4S. The van der Waals surface area contributed by atoms with Crippen LogP contribution in [0.1, 0.15) is 23.2 Å². The van der Waals surface area contributed by atoms with Crippen molar-refractivity contribution in [1.82, 2.24) is 0 Å². The maximum absolute atomic E-state index is 12.6. The smallest absolute Gasteiger partial charge is 0.307 e. The molecular weight excluding hydrogens is 304 g/mol. The molecule has 4 atom stereocenters. The lowest BCUT2D eigenvalue weighted by Crippen LogP contribution is -2.47. The second kappa shape index (κ2) is 5.57. The third-order valence-electron chi connectivity index (χ3n) is 4.50. The number of carboxylic acids is 1. The summed E-state index contributed by atoms with van der Waals surface area (Å²) in [6, 6.07) is 1.55. The van der Waals surface area contributed by atoms with Crippen LogP contribution in [0.4, 0.5) is 5.00 Å². The second-order valence-corrected chi connectivity index (χ2v) is 6.61. The predicted octanol–water partition coefficient (Wildman–Crippen LogP) is 1.70. The zero-order valence-corrected chi connectivity index (χ0v) is 12.5. The van der Waals surface area contributed by atoms with Crippen LogP contribution in [0.5, 0.6) is 0 Å². The van der Waals surface area contributed by atoms with Gasteiger partial charge in [0, 0.05) is 0 Å². The molecule has 0 radical (unpaired) electrons. The number of anilines is 1. The number of rotatable bonds is 4. The number of primary amides is 1. The fourth-order valence-corrected chi connectivity index (χ4v) is 4.28. The maximum atomic E-state index is 12.6. The average molecular weight is 320 g/mol. The van der Waals surface area contributed by atoms with Crippen molar-refractivity contribution < 1.29 is 19.5 Å². The Bertz CT molecular complexity index is 666. The van der Waals surface area contributed by atoms with Crippen molar-refractivity contribution in [3.8, 4) is 0 Å². The van der Waals surface area contributed by atoms with Gasteiger partial charge in [0.25, 0.3) is 5.91 Å². The van der Waals surface area contributed by atoms with E-state index >= 15 is 0 Å². The Morgan fingerprint density at radius 2 is 1.82 bits per heavy atom. The number of allylic oxidation sites excluding steroid dienone is 2. The number of thiophene rings is 1. The fourth-order valence-electron chi connectivity index (χ4n) is 3.48. The summed E-state index contributed by atoms with van der Waals surface area (Å²) in [5.74, 6) is -3.39. The van der Waals surface area contributed by atoms with Crippen LogP contribution in [0.25, 0.3) is 0 Å². The molecule has 1 heterocycles. The van der Waals surface area contributed by atoms with Gasteiger partial charge < -0.3 is 16.2 Å². The van der Waals surface area contributed by atoms with Crippen molar-refractivity contribution in [2.24, 2.45) is 29.4 Å². The Hall–Kier alpha value is -2.15. The minimum atomic E-state index is -0.944. The van der Waals surface area contributed by atoms with Crippen LogP contribution in [0.2, 0.25) is 0 Å². The van der Waals surface area contributed by atoms with Crippen molar-refractivity contribution in [2.75, 3.05) is 5.32 Å². The van der Waals surface area contributed by atoms with E-state index in [1.807, 2.05) is 12.2 Å². The molecule has 4 N–H and O–H groups in total. The van der Waals surface area contributed by atoms with Crippen LogP contribution in [0.3, 0.4) is 0 Å². The summed E-state index contributed by atoms with van der Waals surface area (Å²) >= 11 is 1.20. The molecule has 3 aliphatic rings. The molecule has 0 spiro atoms. The number of carbonyl (C=O) groups is 3. The lowest BCUT2D eigenvalue weighted by molar-refractivity contribution is -0.151. The monoisotopic (exact) mass is 320 g/mol. The van der Waals surface area contributed by atoms with Crippen LogP contribution >= 0.6 is 11.3 Å². The van der Waals surface area contributed by atoms with Gasteiger partial charge in [-0.1, -0.05) is 12.2 Å². The van der Waals surface area contributed by atoms with E-state index in [0.29, 0.717) is 5.00 Å². The molecule has 1 aromatic heterocycles. The van der Waals surface area contributed by atoms with Crippen LogP contribution in [0, 0.1) is 23.7 Å². The number of amides is 2. The average Bonchev–Trinajstić information content (AvgIpc) is 2.95.